The van der Waals surface area contributed by atoms with Gasteiger partial charge in [-0.3, -0.25) is 9.78 Å². The Labute approximate surface area is 151 Å². The smallest absolute Gasteiger partial charge is 0.271 e. The van der Waals surface area contributed by atoms with E-state index in [0.29, 0.717) is 25.5 Å². The number of ether oxygens (including phenoxy) is 2. The SMILES string of the molecule is O=C(NCc1ccncc1)c1cnc(N2CCC3(CC2)OCCO3)cn1. The van der Waals surface area contributed by atoms with Gasteiger partial charge in [0.25, 0.3) is 5.91 Å². The summed E-state index contributed by atoms with van der Waals surface area (Å²) in [6.45, 7) is 3.36. The van der Waals surface area contributed by atoms with E-state index in [1.54, 1.807) is 18.6 Å². The third-order valence-electron chi connectivity index (χ3n) is 4.74. The summed E-state index contributed by atoms with van der Waals surface area (Å²) in [7, 11) is 0. The van der Waals surface area contributed by atoms with Crippen LogP contribution in [0.2, 0.25) is 0 Å². The van der Waals surface area contributed by atoms with Crippen molar-refractivity contribution in [2.24, 2.45) is 0 Å². The average Bonchev–Trinajstić information content (AvgIpc) is 3.16. The van der Waals surface area contributed by atoms with Gasteiger partial charge >= 0.3 is 0 Å². The molecule has 4 heterocycles. The highest BCUT2D eigenvalue weighted by molar-refractivity contribution is 5.91. The van der Waals surface area contributed by atoms with Gasteiger partial charge in [0.2, 0.25) is 0 Å². The summed E-state index contributed by atoms with van der Waals surface area (Å²) in [5.74, 6) is 0.117. The van der Waals surface area contributed by atoms with Crippen molar-refractivity contribution in [2.45, 2.75) is 25.2 Å². The molecule has 8 heteroatoms. The number of rotatable bonds is 4. The average molecular weight is 355 g/mol. The number of nitrogens with one attached hydrogen (secondary N) is 1. The molecule has 8 nitrogen and oxygen atoms in total. The molecule has 2 fully saturated rings. The summed E-state index contributed by atoms with van der Waals surface area (Å²) in [4.78, 5) is 27.0. The first-order valence-electron chi connectivity index (χ1n) is 8.76. The Morgan fingerprint density at radius 2 is 1.85 bits per heavy atom. The van der Waals surface area contributed by atoms with Crippen LogP contribution in [0, 0.1) is 0 Å². The molecule has 0 unspecified atom stereocenters. The largest absolute Gasteiger partial charge is 0.355 e. The van der Waals surface area contributed by atoms with E-state index in [4.69, 9.17) is 9.47 Å². The number of anilines is 1. The normalized spacial score (nSPS) is 18.8. The van der Waals surface area contributed by atoms with E-state index in [0.717, 1.165) is 37.3 Å². The highest BCUT2D eigenvalue weighted by atomic mass is 16.7. The molecule has 1 spiro atoms. The lowest BCUT2D eigenvalue weighted by molar-refractivity contribution is -0.169. The van der Waals surface area contributed by atoms with Gasteiger partial charge in [-0.2, -0.15) is 0 Å². The molecule has 1 amide bonds. The lowest BCUT2D eigenvalue weighted by Crippen LogP contribution is -2.45. The number of aromatic nitrogens is 3. The zero-order chi connectivity index (χ0) is 17.8. The number of nitrogens with zero attached hydrogens (tertiary/aromatic N) is 4. The van der Waals surface area contributed by atoms with E-state index >= 15 is 0 Å². The maximum absolute atomic E-state index is 12.2. The van der Waals surface area contributed by atoms with Crippen molar-refractivity contribution >= 4 is 11.7 Å². The predicted molar refractivity (Wildman–Crippen MR) is 93.5 cm³/mol. The molecule has 0 atom stereocenters. The fraction of sp³-hybridized carbons (Fsp3) is 0.444. The fourth-order valence-electron chi connectivity index (χ4n) is 3.24. The summed E-state index contributed by atoms with van der Waals surface area (Å²) in [5.41, 5.74) is 1.29. The molecule has 0 aliphatic carbocycles. The third-order valence-corrected chi connectivity index (χ3v) is 4.74. The molecular weight excluding hydrogens is 334 g/mol. The molecule has 0 saturated carbocycles. The highest BCUT2D eigenvalue weighted by Gasteiger charge is 2.40. The minimum absolute atomic E-state index is 0.244. The summed E-state index contributed by atoms with van der Waals surface area (Å²) in [5, 5.41) is 2.83. The van der Waals surface area contributed by atoms with Crippen molar-refractivity contribution in [3.63, 3.8) is 0 Å². The maximum Gasteiger partial charge on any atom is 0.271 e. The quantitative estimate of drug-likeness (QED) is 0.880. The van der Waals surface area contributed by atoms with Gasteiger partial charge in [0.05, 0.1) is 25.6 Å². The molecule has 2 aromatic heterocycles. The van der Waals surface area contributed by atoms with Gasteiger partial charge in [-0.1, -0.05) is 0 Å². The molecule has 2 saturated heterocycles. The van der Waals surface area contributed by atoms with Crippen LogP contribution in [-0.4, -0.2) is 52.9 Å². The second-order valence-corrected chi connectivity index (χ2v) is 6.39. The van der Waals surface area contributed by atoms with Gasteiger partial charge in [0.1, 0.15) is 11.5 Å². The minimum atomic E-state index is -0.406. The van der Waals surface area contributed by atoms with Crippen LogP contribution in [0.5, 0.6) is 0 Å². The van der Waals surface area contributed by atoms with Crippen LogP contribution in [0.4, 0.5) is 5.82 Å². The molecular formula is C18H21N5O3. The molecule has 2 aliphatic rings. The Kier molecular flexibility index (Phi) is 4.77. The van der Waals surface area contributed by atoms with E-state index in [1.165, 1.54) is 6.20 Å². The number of carbonyl (C=O) groups excluding carboxylic acids is 1. The van der Waals surface area contributed by atoms with E-state index in [2.05, 4.69) is 25.2 Å². The van der Waals surface area contributed by atoms with Crippen LogP contribution in [0.3, 0.4) is 0 Å². The first kappa shape index (κ1) is 16.9. The molecule has 2 aromatic rings. The number of hydrogen-bond donors (Lipinski definition) is 1. The molecule has 26 heavy (non-hydrogen) atoms. The molecule has 0 aromatic carbocycles. The molecule has 4 rings (SSSR count). The first-order valence-corrected chi connectivity index (χ1v) is 8.76. The van der Waals surface area contributed by atoms with Gasteiger partial charge in [-0.05, 0) is 17.7 Å². The maximum atomic E-state index is 12.2. The van der Waals surface area contributed by atoms with Gasteiger partial charge in [0.15, 0.2) is 5.79 Å². The Morgan fingerprint density at radius 1 is 1.12 bits per heavy atom. The van der Waals surface area contributed by atoms with Crippen molar-refractivity contribution in [1.82, 2.24) is 20.3 Å². The summed E-state index contributed by atoms with van der Waals surface area (Å²) < 4.78 is 11.5. The second-order valence-electron chi connectivity index (χ2n) is 6.39. The number of carbonyl (C=O) groups is 1. The summed E-state index contributed by atoms with van der Waals surface area (Å²) in [6, 6.07) is 3.71. The summed E-state index contributed by atoms with van der Waals surface area (Å²) >= 11 is 0. The van der Waals surface area contributed by atoms with Crippen molar-refractivity contribution in [2.75, 3.05) is 31.2 Å². The van der Waals surface area contributed by atoms with Crippen molar-refractivity contribution in [1.29, 1.82) is 0 Å². The summed E-state index contributed by atoms with van der Waals surface area (Å²) in [6.07, 6.45) is 8.17. The van der Waals surface area contributed by atoms with Gasteiger partial charge < -0.3 is 19.7 Å². The van der Waals surface area contributed by atoms with Crippen LogP contribution >= 0.6 is 0 Å². The van der Waals surface area contributed by atoms with Crippen LogP contribution in [0.1, 0.15) is 28.9 Å². The Hall–Kier alpha value is -2.58. The molecule has 0 bridgehead atoms. The third kappa shape index (κ3) is 3.66. The van der Waals surface area contributed by atoms with Crippen LogP contribution in [0.15, 0.2) is 36.9 Å². The predicted octanol–water partition coefficient (Wildman–Crippen LogP) is 1.14. The van der Waals surface area contributed by atoms with Crippen LogP contribution in [-0.2, 0) is 16.0 Å². The molecule has 0 radical (unpaired) electrons. The van der Waals surface area contributed by atoms with Gasteiger partial charge in [-0.15, -0.1) is 0 Å². The number of amides is 1. The van der Waals surface area contributed by atoms with E-state index in [-0.39, 0.29) is 5.91 Å². The number of piperidine rings is 1. The topological polar surface area (TPSA) is 89.5 Å². The zero-order valence-corrected chi connectivity index (χ0v) is 14.4. The van der Waals surface area contributed by atoms with Gasteiger partial charge in [-0.25, -0.2) is 9.97 Å². The monoisotopic (exact) mass is 355 g/mol. The molecule has 136 valence electrons. The Balaban J connectivity index is 1.32. The minimum Gasteiger partial charge on any atom is -0.355 e. The van der Waals surface area contributed by atoms with E-state index < -0.39 is 5.79 Å². The van der Waals surface area contributed by atoms with Crippen molar-refractivity contribution < 1.29 is 14.3 Å². The fourth-order valence-corrected chi connectivity index (χ4v) is 3.24. The Bertz CT molecular complexity index is 737. The van der Waals surface area contributed by atoms with Crippen molar-refractivity contribution in [3.8, 4) is 0 Å². The number of hydrogen-bond acceptors (Lipinski definition) is 7. The van der Waals surface area contributed by atoms with E-state index in [9.17, 15) is 4.79 Å². The lowest BCUT2D eigenvalue weighted by Gasteiger charge is -2.37. The lowest BCUT2D eigenvalue weighted by atomic mass is 10.0. The second kappa shape index (κ2) is 7.35. The molecule has 1 N–H and O–H groups in total. The number of pyridine rings is 1. The van der Waals surface area contributed by atoms with E-state index in [1.807, 2.05) is 12.1 Å². The zero-order valence-electron chi connectivity index (χ0n) is 14.4. The Morgan fingerprint density at radius 3 is 2.50 bits per heavy atom. The van der Waals surface area contributed by atoms with Crippen molar-refractivity contribution in [3.05, 3.63) is 48.2 Å². The highest BCUT2D eigenvalue weighted by Crippen LogP contribution is 2.32. The standard InChI is InChI=1S/C18H21N5O3/c24-17(22-11-14-1-5-19-6-2-14)15-12-21-16(13-20-15)23-7-3-18(4-8-23)25-9-10-26-18/h1-2,5-6,12-13H,3-4,7-11H2,(H,22,24). The van der Waals surface area contributed by atoms with Crippen LogP contribution < -0.4 is 10.2 Å². The van der Waals surface area contributed by atoms with Crippen LogP contribution in [0.25, 0.3) is 0 Å². The first-order chi connectivity index (χ1) is 12.7. The van der Waals surface area contributed by atoms with Gasteiger partial charge in [0, 0.05) is 44.9 Å². The molecule has 2 aliphatic heterocycles.